The number of hydrogen-bond acceptors (Lipinski definition) is 4. The van der Waals surface area contributed by atoms with Crippen LogP contribution in [0.5, 0.6) is 0 Å². The molecule has 1 rings (SSSR count). The molecule has 0 aliphatic carbocycles. The molecule has 0 radical (unpaired) electrons. The minimum atomic E-state index is -0.0381. The number of nitrogens with zero attached hydrogens (tertiary/aromatic N) is 1. The van der Waals surface area contributed by atoms with Gasteiger partial charge in [0.25, 0.3) is 0 Å². The molecule has 3 N–H and O–H groups in total. The first-order chi connectivity index (χ1) is 7.06. The van der Waals surface area contributed by atoms with Crippen LogP contribution in [0.2, 0.25) is 0 Å². The molecule has 82 valence electrons. The lowest BCUT2D eigenvalue weighted by molar-refractivity contribution is 0.101. The van der Waals surface area contributed by atoms with Crippen LogP contribution in [0.15, 0.2) is 18.2 Å². The number of carbonyl (C=O) groups is 1. The zero-order valence-corrected chi connectivity index (χ0v) is 9.03. The van der Waals surface area contributed by atoms with E-state index < -0.39 is 0 Å². The summed E-state index contributed by atoms with van der Waals surface area (Å²) in [4.78, 5) is 13.0. The van der Waals surface area contributed by atoms with Gasteiger partial charge in [0.15, 0.2) is 5.78 Å². The third-order valence-corrected chi connectivity index (χ3v) is 2.29. The fourth-order valence-electron chi connectivity index (χ4n) is 1.39. The van der Waals surface area contributed by atoms with Crippen LogP contribution in [0.1, 0.15) is 17.3 Å². The number of Topliss-reactive ketones (excluding diaryl/α,β-unsaturated/α-hetero) is 1. The fourth-order valence-corrected chi connectivity index (χ4v) is 1.39. The first-order valence-electron chi connectivity index (χ1n) is 4.78. The molecule has 0 heterocycles. The van der Waals surface area contributed by atoms with Crippen LogP contribution in [0.4, 0.5) is 11.4 Å². The number of aliphatic hydroxyl groups is 1. The number of nitrogens with two attached hydrogens (primary N) is 1. The topological polar surface area (TPSA) is 66.6 Å². The van der Waals surface area contributed by atoms with Crippen molar-refractivity contribution in [1.82, 2.24) is 0 Å². The second-order valence-corrected chi connectivity index (χ2v) is 3.47. The van der Waals surface area contributed by atoms with Gasteiger partial charge in [0.1, 0.15) is 0 Å². The van der Waals surface area contributed by atoms with Crippen LogP contribution in [-0.4, -0.2) is 31.1 Å². The molecule has 0 saturated carbocycles. The van der Waals surface area contributed by atoms with Crippen molar-refractivity contribution < 1.29 is 9.90 Å². The Labute approximate surface area is 89.3 Å². The van der Waals surface area contributed by atoms with Crippen LogP contribution < -0.4 is 10.6 Å². The summed E-state index contributed by atoms with van der Waals surface area (Å²) in [5.74, 6) is -0.0381. The van der Waals surface area contributed by atoms with Gasteiger partial charge in [0, 0.05) is 30.5 Å². The Balaban J connectivity index is 2.96. The van der Waals surface area contributed by atoms with Gasteiger partial charge >= 0.3 is 0 Å². The number of hydrogen-bond donors (Lipinski definition) is 2. The summed E-state index contributed by atoms with van der Waals surface area (Å²) in [6, 6.07) is 5.27. The highest BCUT2D eigenvalue weighted by atomic mass is 16.3. The highest BCUT2D eigenvalue weighted by Crippen LogP contribution is 2.20. The van der Waals surface area contributed by atoms with Gasteiger partial charge in [0.05, 0.1) is 6.61 Å². The molecule has 0 saturated heterocycles. The molecule has 0 amide bonds. The van der Waals surface area contributed by atoms with Crippen molar-refractivity contribution in [2.24, 2.45) is 0 Å². The number of aliphatic hydroxyl groups excluding tert-OH is 1. The van der Waals surface area contributed by atoms with Gasteiger partial charge in [-0.2, -0.15) is 0 Å². The van der Waals surface area contributed by atoms with Crippen LogP contribution in [0.3, 0.4) is 0 Å². The molecule has 0 atom stereocenters. The molecule has 0 aliphatic rings. The Bertz CT molecular complexity index is 364. The minimum Gasteiger partial charge on any atom is -0.398 e. The van der Waals surface area contributed by atoms with Gasteiger partial charge in [-0.15, -0.1) is 0 Å². The minimum absolute atomic E-state index is 0.0381. The molecule has 0 fully saturated rings. The highest BCUT2D eigenvalue weighted by molar-refractivity contribution is 5.99. The second kappa shape index (κ2) is 4.79. The number of benzene rings is 1. The summed E-state index contributed by atoms with van der Waals surface area (Å²) in [7, 11) is 1.86. The molecule has 4 heteroatoms. The van der Waals surface area contributed by atoms with E-state index in [-0.39, 0.29) is 12.4 Å². The van der Waals surface area contributed by atoms with E-state index in [1.165, 1.54) is 6.92 Å². The number of likely N-dealkylation sites (N-methyl/N-ethyl adjacent to an activating group) is 1. The summed E-state index contributed by atoms with van der Waals surface area (Å²) in [5.41, 5.74) is 7.66. The molecule has 4 nitrogen and oxygen atoms in total. The maximum absolute atomic E-state index is 11.1. The molecule has 0 aromatic heterocycles. The average molecular weight is 208 g/mol. The molecule has 0 unspecified atom stereocenters. The number of nitrogen functional groups attached to an aromatic ring is 1. The number of anilines is 2. The van der Waals surface area contributed by atoms with Crippen molar-refractivity contribution in [3.63, 3.8) is 0 Å². The first kappa shape index (κ1) is 11.5. The predicted molar refractivity (Wildman–Crippen MR) is 61.2 cm³/mol. The third kappa shape index (κ3) is 2.70. The van der Waals surface area contributed by atoms with Gasteiger partial charge < -0.3 is 15.7 Å². The van der Waals surface area contributed by atoms with E-state index in [1.54, 1.807) is 12.1 Å². The Kier molecular flexibility index (Phi) is 3.68. The van der Waals surface area contributed by atoms with Gasteiger partial charge in [-0.25, -0.2) is 0 Å². The molecule has 1 aromatic rings. The second-order valence-electron chi connectivity index (χ2n) is 3.47. The number of ketones is 1. The maximum atomic E-state index is 11.1. The molecule has 15 heavy (non-hydrogen) atoms. The van der Waals surface area contributed by atoms with E-state index in [1.807, 2.05) is 18.0 Å². The van der Waals surface area contributed by atoms with E-state index in [9.17, 15) is 4.79 Å². The van der Waals surface area contributed by atoms with Crippen molar-refractivity contribution in [2.45, 2.75) is 6.92 Å². The van der Waals surface area contributed by atoms with Crippen molar-refractivity contribution in [3.8, 4) is 0 Å². The van der Waals surface area contributed by atoms with Crippen molar-refractivity contribution >= 4 is 17.2 Å². The molecule has 0 spiro atoms. The third-order valence-electron chi connectivity index (χ3n) is 2.29. The summed E-state index contributed by atoms with van der Waals surface area (Å²) < 4.78 is 0. The smallest absolute Gasteiger partial charge is 0.161 e. The van der Waals surface area contributed by atoms with Crippen molar-refractivity contribution in [2.75, 3.05) is 30.8 Å². The molecule has 0 aliphatic heterocycles. The highest BCUT2D eigenvalue weighted by Gasteiger charge is 2.07. The normalized spacial score (nSPS) is 10.1. The summed E-state index contributed by atoms with van der Waals surface area (Å²) >= 11 is 0. The predicted octanol–water partition coefficient (Wildman–Crippen LogP) is 0.900. The Morgan fingerprint density at radius 1 is 1.53 bits per heavy atom. The maximum Gasteiger partial charge on any atom is 0.161 e. The standard InChI is InChI=1S/C11H16N2O2/c1-8(15)10-4-3-9(7-11(10)12)13(2)5-6-14/h3-4,7,14H,5-6,12H2,1-2H3. The van der Waals surface area contributed by atoms with Gasteiger partial charge in [-0.3, -0.25) is 4.79 Å². The van der Waals surface area contributed by atoms with Gasteiger partial charge in [0.2, 0.25) is 0 Å². The molecule has 1 aromatic carbocycles. The Morgan fingerprint density at radius 3 is 2.67 bits per heavy atom. The summed E-state index contributed by atoms with van der Waals surface area (Å²) in [6.07, 6.45) is 0. The van der Waals surface area contributed by atoms with Crippen molar-refractivity contribution in [3.05, 3.63) is 23.8 Å². The van der Waals surface area contributed by atoms with Gasteiger partial charge in [-0.1, -0.05) is 0 Å². The lowest BCUT2D eigenvalue weighted by Gasteiger charge is -2.18. The van der Waals surface area contributed by atoms with Gasteiger partial charge in [-0.05, 0) is 25.1 Å². The lowest BCUT2D eigenvalue weighted by Crippen LogP contribution is -2.21. The number of carbonyl (C=O) groups excluding carboxylic acids is 1. The summed E-state index contributed by atoms with van der Waals surface area (Å²) in [6.45, 7) is 2.12. The zero-order valence-electron chi connectivity index (χ0n) is 9.03. The fraction of sp³-hybridized carbons (Fsp3) is 0.364. The van der Waals surface area contributed by atoms with Crippen LogP contribution in [-0.2, 0) is 0 Å². The SMILES string of the molecule is CC(=O)c1ccc(N(C)CCO)cc1N. The van der Waals surface area contributed by atoms with E-state index in [0.29, 0.717) is 17.8 Å². The lowest BCUT2D eigenvalue weighted by atomic mass is 10.1. The van der Waals surface area contributed by atoms with Crippen LogP contribution >= 0.6 is 0 Å². The van der Waals surface area contributed by atoms with Crippen LogP contribution in [0, 0.1) is 0 Å². The molecular formula is C11H16N2O2. The van der Waals surface area contributed by atoms with Crippen LogP contribution in [0.25, 0.3) is 0 Å². The number of rotatable bonds is 4. The van der Waals surface area contributed by atoms with E-state index >= 15 is 0 Å². The van der Waals surface area contributed by atoms with E-state index in [4.69, 9.17) is 10.8 Å². The quantitative estimate of drug-likeness (QED) is 0.570. The monoisotopic (exact) mass is 208 g/mol. The Morgan fingerprint density at radius 2 is 2.20 bits per heavy atom. The summed E-state index contributed by atoms with van der Waals surface area (Å²) in [5, 5.41) is 8.78. The Hall–Kier alpha value is -1.55. The average Bonchev–Trinajstić information content (AvgIpc) is 2.17. The van der Waals surface area contributed by atoms with E-state index in [0.717, 1.165) is 5.69 Å². The van der Waals surface area contributed by atoms with E-state index in [2.05, 4.69) is 0 Å². The molecule has 0 bridgehead atoms. The molecular weight excluding hydrogens is 192 g/mol. The van der Waals surface area contributed by atoms with Crippen molar-refractivity contribution in [1.29, 1.82) is 0 Å². The first-order valence-corrected chi connectivity index (χ1v) is 4.78. The largest absolute Gasteiger partial charge is 0.398 e. The zero-order chi connectivity index (χ0) is 11.4.